The second-order valence-corrected chi connectivity index (χ2v) is 29.7. The monoisotopic (exact) mass is 1230 g/mol. The molecule has 5 aromatic heterocycles. The number of rotatable bonds is 3. The highest BCUT2D eigenvalue weighted by Crippen LogP contribution is 2.49. The number of nitrogens with zero attached hydrogens (tertiary/aromatic N) is 4. The van der Waals surface area contributed by atoms with E-state index < -0.39 is 48.4 Å². The summed E-state index contributed by atoms with van der Waals surface area (Å²) >= 11 is 0. The van der Waals surface area contributed by atoms with Crippen LogP contribution in [0.1, 0.15) is 92.7 Å². The highest BCUT2D eigenvalue weighted by atomic mass is 15.1. The van der Waals surface area contributed by atoms with Gasteiger partial charge in [0.25, 0.3) is 6.71 Å². The maximum atomic E-state index is 9.78. The van der Waals surface area contributed by atoms with Gasteiger partial charge in [0.15, 0.2) is 0 Å². The minimum absolute atomic E-state index is 0.112. The fourth-order valence-electron chi connectivity index (χ4n) is 16.8. The van der Waals surface area contributed by atoms with Crippen LogP contribution >= 0.6 is 0 Å². The second kappa shape index (κ2) is 18.9. The second-order valence-electron chi connectivity index (χ2n) is 29.7. The van der Waals surface area contributed by atoms with Crippen LogP contribution in [0.25, 0.3) is 164 Å². The van der Waals surface area contributed by atoms with Gasteiger partial charge in [-0.3, -0.25) is 0 Å². The number of hydrogen-bond donors (Lipinski definition) is 0. The van der Waals surface area contributed by atoms with Gasteiger partial charge >= 0.3 is 0 Å². The van der Waals surface area contributed by atoms with Crippen LogP contribution < -0.4 is 16.4 Å². The van der Waals surface area contributed by atoms with Gasteiger partial charge in [-0.25, -0.2) is 0 Å². The van der Waals surface area contributed by atoms with E-state index in [1.165, 1.54) is 11.1 Å². The molecule has 13 aromatic carbocycles. The normalized spacial score (nSPS) is 14.8. The summed E-state index contributed by atoms with van der Waals surface area (Å²) in [5, 5.41) is 14.5. The summed E-state index contributed by atoms with van der Waals surface area (Å²) < 4.78 is 102. The van der Waals surface area contributed by atoms with E-state index in [4.69, 9.17) is 5.48 Å². The average molecular weight is 1230 g/mol. The molecular weight excluding hydrogens is 1150 g/mol. The zero-order chi connectivity index (χ0) is 72.6. The average Bonchev–Trinajstić information content (AvgIpc) is 1.51. The standard InChI is InChI=1S/C90H69BN4/c1-88(2,3)56-36-40-76-68(46-56)69-47-57(89(4,5)6)37-41-77(69)92(76)59-38-42-79-70(50-59)71-44-55(53-25-14-11-15-26-53)45-73-86(71)95(79)87-82-66-33-22-32-65-63-30-19-17-28-61(63)60-27-16-18-29-62(60)64-31-20-21-34-75(64)93(84(65)66)80(82)51-81-83(87)91(73)74-49-58(90(7,8)9)48-72-67-43-54(52-23-12-10-13-24-52)35-39-78(67)94(81)85(72)74/h10-51H,1-9H3/i10D,11D,12D,13D,14D,15D,23D,24D,25D,26D. The van der Waals surface area contributed by atoms with Crippen molar-refractivity contribution in [2.24, 2.45) is 0 Å². The molecule has 452 valence electrons. The highest BCUT2D eigenvalue weighted by molar-refractivity contribution is 7.00. The van der Waals surface area contributed by atoms with E-state index in [1.54, 1.807) is 0 Å². The molecule has 0 radical (unpaired) electrons. The lowest BCUT2D eigenvalue weighted by atomic mass is 9.34. The number of fused-ring (bicyclic) bond motifs is 24. The number of para-hydroxylation sites is 2. The van der Waals surface area contributed by atoms with Crippen molar-refractivity contribution in [2.45, 2.75) is 78.6 Å². The van der Waals surface area contributed by atoms with Crippen molar-refractivity contribution in [1.29, 1.82) is 0 Å². The molecule has 0 fully saturated rings. The zero-order valence-electron chi connectivity index (χ0n) is 64.3. The van der Waals surface area contributed by atoms with Crippen LogP contribution in [-0.4, -0.2) is 24.8 Å². The van der Waals surface area contributed by atoms with Crippen LogP contribution in [0, 0.1) is 0 Å². The van der Waals surface area contributed by atoms with E-state index in [9.17, 15) is 8.22 Å². The zero-order valence-corrected chi connectivity index (χ0v) is 54.3. The van der Waals surface area contributed by atoms with Crippen molar-refractivity contribution in [3.05, 3.63) is 271 Å². The topological polar surface area (TPSA) is 19.2 Å². The van der Waals surface area contributed by atoms with E-state index in [1.807, 2.05) is 12.1 Å². The summed E-state index contributed by atoms with van der Waals surface area (Å²) in [7, 11) is 0. The van der Waals surface area contributed by atoms with E-state index in [2.05, 4.69) is 262 Å². The Morgan fingerprint density at radius 2 is 0.779 bits per heavy atom. The molecule has 0 amide bonds. The van der Waals surface area contributed by atoms with Gasteiger partial charge in [0.05, 0.1) is 58.0 Å². The Kier molecular flexibility index (Phi) is 9.05. The first-order valence-corrected chi connectivity index (χ1v) is 33.1. The van der Waals surface area contributed by atoms with E-state index in [0.29, 0.717) is 11.1 Å². The molecule has 0 atom stereocenters. The summed E-state index contributed by atoms with van der Waals surface area (Å²) in [6, 6.07) is 67.2. The fourth-order valence-corrected chi connectivity index (χ4v) is 16.8. The number of hydrogen-bond acceptors (Lipinski definition) is 0. The molecule has 0 spiro atoms. The van der Waals surface area contributed by atoms with Crippen molar-refractivity contribution < 1.29 is 13.7 Å². The summed E-state index contributed by atoms with van der Waals surface area (Å²) in [5.41, 5.74) is 18.7. The van der Waals surface area contributed by atoms with Crippen molar-refractivity contribution in [1.82, 2.24) is 18.1 Å². The molecule has 95 heavy (non-hydrogen) atoms. The lowest BCUT2D eigenvalue weighted by Gasteiger charge is -2.35. The Hall–Kier alpha value is -10.9. The van der Waals surface area contributed by atoms with Crippen LogP contribution in [-0.2, 0) is 16.2 Å². The van der Waals surface area contributed by atoms with Crippen molar-refractivity contribution in [3.8, 4) is 39.3 Å². The Balaban J connectivity index is 1.02. The Bertz CT molecular complexity index is 7040. The largest absolute Gasteiger partial charge is 0.310 e. The number of aromatic nitrogens is 4. The fraction of sp³-hybridized carbons (Fsp3) is 0.133. The Morgan fingerprint density at radius 1 is 0.305 bits per heavy atom. The van der Waals surface area contributed by atoms with E-state index in [0.717, 1.165) is 164 Å². The molecule has 18 aromatic rings. The maximum absolute atomic E-state index is 9.78. The van der Waals surface area contributed by atoms with Gasteiger partial charge in [-0.15, -0.1) is 0 Å². The summed E-state index contributed by atoms with van der Waals surface area (Å²) in [6.45, 7) is 19.7. The van der Waals surface area contributed by atoms with Gasteiger partial charge in [-0.2, -0.15) is 0 Å². The predicted molar refractivity (Wildman–Crippen MR) is 408 cm³/mol. The first-order chi connectivity index (χ1) is 50.2. The van der Waals surface area contributed by atoms with Gasteiger partial charge in [-0.1, -0.05) is 238 Å². The molecule has 0 saturated heterocycles. The van der Waals surface area contributed by atoms with Crippen LogP contribution in [0.2, 0.25) is 0 Å². The molecule has 0 N–H and O–H groups in total. The minimum Gasteiger partial charge on any atom is -0.310 e. The molecule has 0 unspecified atom stereocenters. The Morgan fingerprint density at radius 3 is 1.43 bits per heavy atom. The number of benzene rings is 13. The van der Waals surface area contributed by atoms with Crippen molar-refractivity contribution in [2.75, 3.05) is 0 Å². The van der Waals surface area contributed by atoms with Gasteiger partial charge in [0.1, 0.15) is 0 Å². The molecule has 0 aliphatic carbocycles. The van der Waals surface area contributed by atoms with Crippen LogP contribution in [0.3, 0.4) is 0 Å². The molecule has 0 bridgehead atoms. The first kappa shape index (κ1) is 45.4. The SMILES string of the molecule is [2H]c1c([2H])c([2H])c(-c2ccc3c(c2)c2cc(C(C)(C)C)cc4c2n3-c2cc3c(c5c2B4c2cc(-c4c([2H])c([2H])c([2H])c([2H])c4[2H])cc4c6cc(-n7c8ccc(C(C)(C)C)cc8c8cc(C(C)(C)C)ccc87)ccc6n-5c24)c2cccc4c5ccccc5c5ccccc5c5ccccc5n3c42)c([2H])c1[2H]. The molecule has 20 rings (SSSR count). The Labute approximate surface area is 566 Å². The molecule has 7 heterocycles. The summed E-state index contributed by atoms with van der Waals surface area (Å²) in [5.74, 6) is 0. The van der Waals surface area contributed by atoms with Crippen molar-refractivity contribution >= 4 is 148 Å². The third kappa shape index (κ3) is 7.50. The van der Waals surface area contributed by atoms with Gasteiger partial charge in [0.2, 0.25) is 0 Å². The minimum atomic E-state index is -0.559. The third-order valence-electron chi connectivity index (χ3n) is 21.3. The van der Waals surface area contributed by atoms with Crippen LogP contribution in [0.4, 0.5) is 0 Å². The molecule has 2 aliphatic rings. The summed E-state index contributed by atoms with van der Waals surface area (Å²) in [6.07, 6.45) is 0. The third-order valence-corrected chi connectivity index (χ3v) is 21.3. The van der Waals surface area contributed by atoms with Crippen molar-refractivity contribution in [3.63, 3.8) is 0 Å². The van der Waals surface area contributed by atoms with Gasteiger partial charge < -0.3 is 18.1 Å². The molecule has 5 heteroatoms. The predicted octanol–water partition coefficient (Wildman–Crippen LogP) is 21.9. The smallest absolute Gasteiger partial charge is 0.252 e. The maximum Gasteiger partial charge on any atom is 0.252 e. The van der Waals surface area contributed by atoms with Gasteiger partial charge in [0, 0.05) is 76.3 Å². The lowest BCUT2D eigenvalue weighted by molar-refractivity contribution is 0.590. The first-order valence-electron chi connectivity index (χ1n) is 38.1. The molecule has 0 saturated carbocycles. The highest BCUT2D eigenvalue weighted by Gasteiger charge is 2.44. The molecular formula is C90H69BN4. The van der Waals surface area contributed by atoms with Gasteiger partial charge in [-0.05, 0) is 172 Å². The lowest BCUT2D eigenvalue weighted by Crippen LogP contribution is -2.59. The summed E-state index contributed by atoms with van der Waals surface area (Å²) in [4.78, 5) is 0. The van der Waals surface area contributed by atoms with Crippen LogP contribution in [0.15, 0.2) is 255 Å². The van der Waals surface area contributed by atoms with E-state index >= 15 is 0 Å². The van der Waals surface area contributed by atoms with Crippen LogP contribution in [0.5, 0.6) is 0 Å². The van der Waals surface area contributed by atoms with E-state index in [-0.39, 0.29) is 46.1 Å². The molecule has 2 aliphatic heterocycles. The quantitative estimate of drug-likeness (QED) is 0.157. The molecule has 4 nitrogen and oxygen atoms in total.